The topological polar surface area (TPSA) is 38.3 Å². The van der Waals surface area contributed by atoms with E-state index >= 15 is 0 Å². The molecule has 0 amide bonds. The first-order valence-electron chi connectivity index (χ1n) is 5.89. The SMILES string of the molecule is CCOC(=O)C(C)(NC)c1ccc(C)cc1C. The van der Waals surface area contributed by atoms with E-state index < -0.39 is 5.54 Å². The van der Waals surface area contributed by atoms with E-state index in [1.165, 1.54) is 5.56 Å². The lowest BCUT2D eigenvalue weighted by molar-refractivity contribution is -0.150. The Morgan fingerprint density at radius 1 is 1.41 bits per heavy atom. The zero-order chi connectivity index (χ0) is 13.1. The fourth-order valence-electron chi connectivity index (χ4n) is 2.00. The van der Waals surface area contributed by atoms with Crippen molar-refractivity contribution in [2.24, 2.45) is 0 Å². The minimum atomic E-state index is -0.784. The minimum Gasteiger partial charge on any atom is -0.464 e. The van der Waals surface area contributed by atoms with E-state index in [4.69, 9.17) is 4.74 Å². The number of ether oxygens (including phenoxy) is 1. The summed E-state index contributed by atoms with van der Waals surface area (Å²) in [6.45, 7) is 8.11. The number of carbonyl (C=O) groups is 1. The van der Waals surface area contributed by atoms with E-state index in [0.29, 0.717) is 6.61 Å². The Hall–Kier alpha value is -1.35. The summed E-state index contributed by atoms with van der Waals surface area (Å²) in [5.74, 6) is -0.241. The summed E-state index contributed by atoms with van der Waals surface area (Å²) in [5, 5.41) is 3.07. The standard InChI is InChI=1S/C14H21NO2/c1-6-17-13(16)14(4,15-5)12-8-7-10(2)9-11(12)3/h7-9,15H,6H2,1-5H3. The highest BCUT2D eigenvalue weighted by molar-refractivity contribution is 5.82. The third kappa shape index (κ3) is 2.67. The number of likely N-dealkylation sites (N-methyl/N-ethyl adjacent to an activating group) is 1. The quantitative estimate of drug-likeness (QED) is 0.814. The molecule has 1 atom stereocenters. The lowest BCUT2D eigenvalue weighted by atomic mass is 9.88. The molecule has 1 aromatic rings. The van der Waals surface area contributed by atoms with Gasteiger partial charge in [0, 0.05) is 0 Å². The second-order valence-corrected chi connectivity index (χ2v) is 4.41. The predicted octanol–water partition coefficient (Wildman–Crippen LogP) is 2.30. The van der Waals surface area contributed by atoms with E-state index in [-0.39, 0.29) is 5.97 Å². The molecule has 1 aromatic carbocycles. The molecule has 3 nitrogen and oxygen atoms in total. The van der Waals surface area contributed by atoms with Gasteiger partial charge in [-0.25, -0.2) is 4.79 Å². The number of rotatable bonds is 4. The van der Waals surface area contributed by atoms with Crippen LogP contribution < -0.4 is 5.32 Å². The first kappa shape index (κ1) is 13.7. The molecule has 17 heavy (non-hydrogen) atoms. The maximum atomic E-state index is 12.0. The van der Waals surface area contributed by atoms with Crippen molar-refractivity contribution in [1.82, 2.24) is 5.32 Å². The van der Waals surface area contributed by atoms with Crippen molar-refractivity contribution < 1.29 is 9.53 Å². The van der Waals surface area contributed by atoms with Gasteiger partial charge < -0.3 is 10.1 Å². The largest absolute Gasteiger partial charge is 0.464 e. The summed E-state index contributed by atoms with van der Waals surface area (Å²) in [6, 6.07) is 6.07. The Labute approximate surface area is 103 Å². The normalized spacial score (nSPS) is 14.2. The van der Waals surface area contributed by atoms with Gasteiger partial charge in [-0.1, -0.05) is 23.8 Å². The van der Waals surface area contributed by atoms with Crippen LogP contribution in [0.15, 0.2) is 18.2 Å². The maximum absolute atomic E-state index is 12.0. The number of nitrogens with one attached hydrogen (secondary N) is 1. The van der Waals surface area contributed by atoms with Crippen molar-refractivity contribution in [2.45, 2.75) is 33.2 Å². The fraction of sp³-hybridized carbons (Fsp3) is 0.500. The van der Waals surface area contributed by atoms with Gasteiger partial charge in [0.2, 0.25) is 0 Å². The maximum Gasteiger partial charge on any atom is 0.330 e. The first-order valence-corrected chi connectivity index (χ1v) is 5.89. The molecule has 1 unspecified atom stereocenters. The number of hydrogen-bond acceptors (Lipinski definition) is 3. The molecular weight excluding hydrogens is 214 g/mol. The molecule has 0 aliphatic carbocycles. The molecule has 0 aliphatic rings. The summed E-state index contributed by atoms with van der Waals surface area (Å²) in [5.41, 5.74) is 2.46. The Kier molecular flexibility index (Phi) is 4.29. The van der Waals surface area contributed by atoms with Gasteiger partial charge in [0.05, 0.1) is 6.61 Å². The van der Waals surface area contributed by atoms with Crippen molar-refractivity contribution in [3.05, 3.63) is 34.9 Å². The van der Waals surface area contributed by atoms with Crippen LogP contribution in [0.4, 0.5) is 0 Å². The number of hydrogen-bond donors (Lipinski definition) is 1. The van der Waals surface area contributed by atoms with Crippen molar-refractivity contribution in [3.63, 3.8) is 0 Å². The van der Waals surface area contributed by atoms with E-state index in [9.17, 15) is 4.79 Å². The summed E-state index contributed by atoms with van der Waals surface area (Å²) in [6.07, 6.45) is 0. The van der Waals surface area contributed by atoms with Crippen LogP contribution in [0.1, 0.15) is 30.5 Å². The highest BCUT2D eigenvalue weighted by Gasteiger charge is 2.36. The zero-order valence-corrected chi connectivity index (χ0v) is 11.3. The van der Waals surface area contributed by atoms with Gasteiger partial charge in [0.25, 0.3) is 0 Å². The van der Waals surface area contributed by atoms with Crippen LogP contribution in [0.5, 0.6) is 0 Å². The second kappa shape index (κ2) is 5.32. The van der Waals surface area contributed by atoms with Crippen molar-refractivity contribution in [1.29, 1.82) is 0 Å². The second-order valence-electron chi connectivity index (χ2n) is 4.41. The van der Waals surface area contributed by atoms with Crippen LogP contribution in [-0.2, 0) is 15.1 Å². The summed E-state index contributed by atoms with van der Waals surface area (Å²) < 4.78 is 5.14. The summed E-state index contributed by atoms with van der Waals surface area (Å²) >= 11 is 0. The first-order chi connectivity index (χ1) is 7.95. The minimum absolute atomic E-state index is 0.241. The van der Waals surface area contributed by atoms with Crippen LogP contribution in [0, 0.1) is 13.8 Å². The lowest BCUT2D eigenvalue weighted by Gasteiger charge is -2.29. The third-order valence-corrected chi connectivity index (χ3v) is 3.10. The molecule has 94 valence electrons. The molecule has 0 fully saturated rings. The number of benzene rings is 1. The number of carbonyl (C=O) groups excluding carboxylic acids is 1. The molecule has 3 heteroatoms. The molecule has 0 saturated carbocycles. The molecule has 0 aliphatic heterocycles. The summed E-state index contributed by atoms with van der Waals surface area (Å²) in [4.78, 5) is 12.0. The average molecular weight is 235 g/mol. The molecule has 0 bridgehead atoms. The predicted molar refractivity (Wildman–Crippen MR) is 69.0 cm³/mol. The smallest absolute Gasteiger partial charge is 0.330 e. The Balaban J connectivity index is 3.20. The van der Waals surface area contributed by atoms with Crippen LogP contribution in [0.25, 0.3) is 0 Å². The van der Waals surface area contributed by atoms with E-state index in [0.717, 1.165) is 11.1 Å². The van der Waals surface area contributed by atoms with Crippen molar-refractivity contribution in [3.8, 4) is 0 Å². The van der Waals surface area contributed by atoms with Gasteiger partial charge in [-0.3, -0.25) is 0 Å². The molecule has 0 radical (unpaired) electrons. The van der Waals surface area contributed by atoms with Crippen LogP contribution in [0.3, 0.4) is 0 Å². The van der Waals surface area contributed by atoms with Gasteiger partial charge >= 0.3 is 5.97 Å². The molecule has 0 heterocycles. The van der Waals surface area contributed by atoms with Gasteiger partial charge in [0.1, 0.15) is 5.54 Å². The van der Waals surface area contributed by atoms with Crippen LogP contribution >= 0.6 is 0 Å². The fourth-order valence-corrected chi connectivity index (χ4v) is 2.00. The molecule has 0 spiro atoms. The van der Waals surface area contributed by atoms with Gasteiger partial charge in [0.15, 0.2) is 0 Å². The monoisotopic (exact) mass is 235 g/mol. The average Bonchev–Trinajstić information content (AvgIpc) is 2.28. The van der Waals surface area contributed by atoms with Gasteiger partial charge in [-0.05, 0) is 45.9 Å². The highest BCUT2D eigenvalue weighted by atomic mass is 16.5. The number of aryl methyl sites for hydroxylation is 2. The lowest BCUT2D eigenvalue weighted by Crippen LogP contribution is -2.46. The van der Waals surface area contributed by atoms with Crippen molar-refractivity contribution in [2.75, 3.05) is 13.7 Å². The van der Waals surface area contributed by atoms with E-state index in [1.54, 1.807) is 7.05 Å². The van der Waals surface area contributed by atoms with E-state index in [2.05, 4.69) is 11.4 Å². The highest BCUT2D eigenvalue weighted by Crippen LogP contribution is 2.26. The molecule has 1 N–H and O–H groups in total. The molecule has 0 aromatic heterocycles. The Morgan fingerprint density at radius 2 is 2.06 bits per heavy atom. The number of esters is 1. The zero-order valence-electron chi connectivity index (χ0n) is 11.3. The summed E-state index contributed by atoms with van der Waals surface area (Å²) in [7, 11) is 1.77. The molecule has 1 rings (SSSR count). The molecule has 0 saturated heterocycles. The van der Waals surface area contributed by atoms with Crippen LogP contribution in [-0.4, -0.2) is 19.6 Å². The van der Waals surface area contributed by atoms with Crippen molar-refractivity contribution >= 4 is 5.97 Å². The third-order valence-electron chi connectivity index (χ3n) is 3.10. The Morgan fingerprint density at radius 3 is 2.53 bits per heavy atom. The van der Waals surface area contributed by atoms with Gasteiger partial charge in [-0.2, -0.15) is 0 Å². The van der Waals surface area contributed by atoms with Crippen LogP contribution in [0.2, 0.25) is 0 Å². The molecular formula is C14H21NO2. The van der Waals surface area contributed by atoms with Gasteiger partial charge in [-0.15, -0.1) is 0 Å². The Bertz CT molecular complexity index is 415. The van der Waals surface area contributed by atoms with E-state index in [1.807, 2.05) is 39.8 Å².